The molecule has 4 aromatic carbocycles. The van der Waals surface area contributed by atoms with E-state index in [2.05, 4.69) is 62.4 Å². The van der Waals surface area contributed by atoms with E-state index in [9.17, 15) is 0 Å². The van der Waals surface area contributed by atoms with Gasteiger partial charge in [-0.3, -0.25) is 0 Å². The fourth-order valence-electron chi connectivity index (χ4n) is 4.04. The van der Waals surface area contributed by atoms with E-state index < -0.39 is 0 Å². The van der Waals surface area contributed by atoms with Gasteiger partial charge in [0.2, 0.25) is 5.90 Å². The fourth-order valence-corrected chi connectivity index (χ4v) is 4.04. The van der Waals surface area contributed by atoms with Crippen molar-refractivity contribution in [3.63, 3.8) is 0 Å². The molecule has 4 heteroatoms. The lowest BCUT2D eigenvalue weighted by molar-refractivity contribution is 0.279. The van der Waals surface area contributed by atoms with Crippen LogP contribution in [0.5, 0.6) is 5.75 Å². The molecule has 0 N–H and O–H groups in total. The van der Waals surface area contributed by atoms with Crippen molar-refractivity contribution in [2.75, 3.05) is 6.61 Å². The largest absolute Gasteiger partial charge is 0.551 e. The van der Waals surface area contributed by atoms with Crippen molar-refractivity contribution in [1.82, 2.24) is 0 Å². The lowest BCUT2D eigenvalue weighted by Gasteiger charge is -2.20. The molecule has 0 saturated carbocycles. The molecule has 0 fully saturated rings. The van der Waals surface area contributed by atoms with Gasteiger partial charge in [0.1, 0.15) is 12.4 Å². The van der Waals surface area contributed by atoms with Crippen molar-refractivity contribution in [2.24, 2.45) is 4.99 Å². The molecular formula is C29H26BNO2. The van der Waals surface area contributed by atoms with Gasteiger partial charge < -0.3 is 9.39 Å². The summed E-state index contributed by atoms with van der Waals surface area (Å²) in [5.41, 5.74) is 5.05. The molecular weight excluding hydrogens is 405 g/mol. The molecule has 0 saturated heterocycles. The van der Waals surface area contributed by atoms with Gasteiger partial charge in [-0.1, -0.05) is 97.1 Å². The number of rotatable bonds is 6. The second kappa shape index (κ2) is 8.99. The molecule has 4 aromatic rings. The third-order valence-electron chi connectivity index (χ3n) is 5.73. The summed E-state index contributed by atoms with van der Waals surface area (Å²) < 4.78 is 12.8. The molecule has 33 heavy (non-hydrogen) atoms. The maximum absolute atomic E-state index is 6.73. The molecule has 0 aromatic heterocycles. The van der Waals surface area contributed by atoms with E-state index >= 15 is 0 Å². The SMILES string of the molecule is CC1(C)COC(c2cc(-c3ccccc3)ccc2OB(c2ccccc2)c2ccccc2)=N1. The maximum Gasteiger partial charge on any atom is 0.426 e. The van der Waals surface area contributed by atoms with E-state index in [0.29, 0.717) is 12.5 Å². The van der Waals surface area contributed by atoms with Crippen molar-refractivity contribution in [1.29, 1.82) is 0 Å². The van der Waals surface area contributed by atoms with Crippen LogP contribution in [-0.4, -0.2) is 25.0 Å². The highest BCUT2D eigenvalue weighted by molar-refractivity contribution is 6.80. The molecule has 5 rings (SSSR count). The number of hydrogen-bond donors (Lipinski definition) is 0. The van der Waals surface area contributed by atoms with Crippen molar-refractivity contribution in [3.8, 4) is 16.9 Å². The van der Waals surface area contributed by atoms with Gasteiger partial charge >= 0.3 is 6.92 Å². The van der Waals surface area contributed by atoms with Crippen molar-refractivity contribution in [2.45, 2.75) is 19.4 Å². The number of benzene rings is 4. The van der Waals surface area contributed by atoms with Crippen LogP contribution in [-0.2, 0) is 4.74 Å². The predicted octanol–water partition coefficient (Wildman–Crippen LogP) is 5.09. The van der Waals surface area contributed by atoms with Crippen LogP contribution in [0.1, 0.15) is 19.4 Å². The molecule has 1 heterocycles. The van der Waals surface area contributed by atoms with Gasteiger partial charge in [0, 0.05) is 0 Å². The first-order chi connectivity index (χ1) is 16.1. The Balaban J connectivity index is 1.60. The van der Waals surface area contributed by atoms with Crippen molar-refractivity contribution < 1.29 is 9.39 Å². The van der Waals surface area contributed by atoms with E-state index in [1.54, 1.807) is 0 Å². The Morgan fingerprint density at radius 1 is 0.727 bits per heavy atom. The normalized spacial score (nSPS) is 14.3. The Bertz CT molecular complexity index is 1220. The number of ether oxygens (including phenoxy) is 1. The first kappa shape index (κ1) is 21.1. The molecule has 3 nitrogen and oxygen atoms in total. The highest BCUT2D eigenvalue weighted by Crippen LogP contribution is 2.31. The van der Waals surface area contributed by atoms with Gasteiger partial charge in [0.05, 0.1) is 11.1 Å². The second-order valence-corrected chi connectivity index (χ2v) is 8.91. The zero-order valence-electron chi connectivity index (χ0n) is 18.9. The third-order valence-corrected chi connectivity index (χ3v) is 5.73. The maximum atomic E-state index is 6.73. The van der Waals surface area contributed by atoms with E-state index in [0.717, 1.165) is 33.4 Å². The van der Waals surface area contributed by atoms with Gasteiger partial charge in [0.25, 0.3) is 0 Å². The predicted molar refractivity (Wildman–Crippen MR) is 137 cm³/mol. The average molecular weight is 431 g/mol. The lowest BCUT2D eigenvalue weighted by Crippen LogP contribution is -2.47. The zero-order chi connectivity index (χ0) is 22.7. The van der Waals surface area contributed by atoms with Crippen LogP contribution < -0.4 is 15.6 Å². The van der Waals surface area contributed by atoms with Crippen molar-refractivity contribution >= 4 is 23.7 Å². The van der Waals surface area contributed by atoms with Crippen LogP contribution in [0.25, 0.3) is 11.1 Å². The summed E-state index contributed by atoms with van der Waals surface area (Å²) in [5.74, 6) is 1.39. The quantitative estimate of drug-likeness (QED) is 0.398. The molecule has 1 aliphatic heterocycles. The van der Waals surface area contributed by atoms with E-state index in [4.69, 9.17) is 14.4 Å². The monoisotopic (exact) mass is 431 g/mol. The van der Waals surface area contributed by atoms with Crippen LogP contribution in [0.3, 0.4) is 0 Å². The average Bonchev–Trinajstić information content (AvgIpc) is 3.23. The molecule has 0 unspecified atom stereocenters. The zero-order valence-corrected chi connectivity index (χ0v) is 18.9. The Hall–Kier alpha value is -3.79. The Morgan fingerprint density at radius 2 is 1.30 bits per heavy atom. The summed E-state index contributed by atoms with van der Waals surface area (Å²) in [6, 6.07) is 37.2. The van der Waals surface area contributed by atoms with Crippen LogP contribution in [0.4, 0.5) is 0 Å². The molecule has 0 spiro atoms. The number of nitrogens with zero attached hydrogens (tertiary/aromatic N) is 1. The van der Waals surface area contributed by atoms with E-state index in [-0.39, 0.29) is 12.5 Å². The molecule has 0 radical (unpaired) electrons. The van der Waals surface area contributed by atoms with E-state index in [1.807, 2.05) is 60.7 Å². The van der Waals surface area contributed by atoms with Crippen LogP contribution in [0, 0.1) is 0 Å². The van der Waals surface area contributed by atoms with Gasteiger partial charge in [-0.05, 0) is 48.0 Å². The third kappa shape index (κ3) is 4.70. The smallest absolute Gasteiger partial charge is 0.426 e. The van der Waals surface area contributed by atoms with Gasteiger partial charge in [-0.2, -0.15) is 0 Å². The Morgan fingerprint density at radius 3 is 1.85 bits per heavy atom. The molecule has 162 valence electrons. The molecule has 1 aliphatic rings. The summed E-state index contributed by atoms with van der Waals surface area (Å²) >= 11 is 0. The first-order valence-electron chi connectivity index (χ1n) is 11.3. The minimum atomic E-state index is -0.256. The van der Waals surface area contributed by atoms with Crippen LogP contribution in [0.15, 0.2) is 114 Å². The summed E-state index contributed by atoms with van der Waals surface area (Å²) in [4.78, 5) is 4.85. The lowest BCUT2D eigenvalue weighted by atomic mass is 9.55. The first-order valence-corrected chi connectivity index (χ1v) is 11.3. The second-order valence-electron chi connectivity index (χ2n) is 8.91. The Kier molecular flexibility index (Phi) is 5.74. The Labute approximate surface area is 195 Å². The van der Waals surface area contributed by atoms with E-state index in [1.165, 1.54) is 0 Å². The van der Waals surface area contributed by atoms with Gasteiger partial charge in [0.15, 0.2) is 0 Å². The summed E-state index contributed by atoms with van der Waals surface area (Å²) in [6.45, 7) is 4.47. The summed E-state index contributed by atoms with van der Waals surface area (Å²) in [7, 11) is 0. The minimum absolute atomic E-state index is 0.247. The highest BCUT2D eigenvalue weighted by Gasteiger charge is 2.31. The van der Waals surface area contributed by atoms with Crippen molar-refractivity contribution in [3.05, 3.63) is 115 Å². The number of hydrogen-bond acceptors (Lipinski definition) is 3. The molecule has 0 bridgehead atoms. The van der Waals surface area contributed by atoms with Crippen LogP contribution in [0.2, 0.25) is 0 Å². The highest BCUT2D eigenvalue weighted by atomic mass is 16.5. The minimum Gasteiger partial charge on any atom is -0.551 e. The topological polar surface area (TPSA) is 30.8 Å². The molecule has 0 amide bonds. The fraction of sp³-hybridized carbons (Fsp3) is 0.138. The van der Waals surface area contributed by atoms with Gasteiger partial charge in [-0.25, -0.2) is 4.99 Å². The number of aliphatic imine (C=N–C) groups is 1. The van der Waals surface area contributed by atoms with Crippen LogP contribution >= 0.6 is 0 Å². The molecule has 0 atom stereocenters. The summed E-state index contributed by atoms with van der Waals surface area (Å²) in [6.07, 6.45) is 0. The molecule has 0 aliphatic carbocycles. The standard InChI is InChI=1S/C29H26BNO2/c1-29(2)21-32-28(31-29)26-20-23(22-12-6-3-7-13-22)18-19-27(26)33-30(24-14-8-4-9-15-24)25-16-10-5-11-17-25/h3-20H,21H2,1-2H3. The summed E-state index contributed by atoms with van der Waals surface area (Å²) in [5, 5.41) is 0. The van der Waals surface area contributed by atoms with Gasteiger partial charge in [-0.15, -0.1) is 0 Å².